The van der Waals surface area contributed by atoms with Gasteiger partial charge in [0.1, 0.15) is 23.1 Å². The van der Waals surface area contributed by atoms with Gasteiger partial charge in [-0.15, -0.1) is 0 Å². The Labute approximate surface area is 753 Å². The van der Waals surface area contributed by atoms with Crippen LogP contribution in [-0.2, 0) is 70.6 Å². The van der Waals surface area contributed by atoms with Crippen molar-refractivity contribution in [1.29, 1.82) is 0 Å². The molecule has 708 valence electrons. The number of fused-ring (bicyclic) bond motifs is 1. The van der Waals surface area contributed by atoms with Crippen LogP contribution in [-0.4, -0.2) is 227 Å². The summed E-state index contributed by atoms with van der Waals surface area (Å²) in [5.74, 6) is -8.65. The lowest BCUT2D eigenvalue weighted by Crippen LogP contribution is -2.34. The zero-order chi connectivity index (χ0) is 99.4. The molecule has 9 aromatic carbocycles. The number of carboxylic acids is 1. The number of phenolic OH excluding ortho intramolecular Hbond substituents is 20. The summed E-state index contributed by atoms with van der Waals surface area (Å²) in [6.07, 6.45) is 6.44. The maximum Gasteiger partial charge on any atom is 0.307 e. The lowest BCUT2D eigenvalue weighted by molar-refractivity contribution is -0.143. The number of aryl methyl sites for hydroxylation is 2. The Kier molecular flexibility index (Phi) is 47.2. The van der Waals surface area contributed by atoms with Crippen molar-refractivity contribution in [2.45, 2.75) is 131 Å². The number of carboxylic acid groups (broad SMARTS) is 1. The Morgan fingerprint density at radius 1 is 0.397 bits per heavy atom. The minimum absolute atomic E-state index is 0.0112. The van der Waals surface area contributed by atoms with Crippen molar-refractivity contribution >= 4 is 64.7 Å². The summed E-state index contributed by atoms with van der Waals surface area (Å²) >= 11 is 0. The van der Waals surface area contributed by atoms with E-state index < -0.39 is 53.0 Å². The third-order valence-corrected chi connectivity index (χ3v) is 18.5. The average Bonchev–Trinajstić information content (AvgIpc) is 0.810. The smallest absolute Gasteiger partial charge is 0.307 e. The molecule has 38 heteroatoms. The fraction of sp³-hybridized carbons (Fsp3) is 0.290. The van der Waals surface area contributed by atoms with Gasteiger partial charge < -0.3 is 162 Å². The number of rotatable bonds is 24. The highest BCUT2D eigenvalue weighted by Crippen LogP contribution is 2.39. The van der Waals surface area contributed by atoms with Gasteiger partial charge in [0.2, 0.25) is 17.7 Å². The second kappa shape index (κ2) is 55.6. The number of carbonyl (C=O) groups is 10. The molecule has 5 amide bonds. The van der Waals surface area contributed by atoms with E-state index in [1.807, 2.05) is 0 Å². The fourth-order valence-electron chi connectivity index (χ4n) is 11.1. The van der Waals surface area contributed by atoms with Crippen molar-refractivity contribution in [3.8, 4) is 115 Å². The Balaban J connectivity index is 0.000000499. The van der Waals surface area contributed by atoms with Gasteiger partial charge >= 0.3 is 5.97 Å². The van der Waals surface area contributed by atoms with Crippen LogP contribution >= 0.6 is 0 Å². The van der Waals surface area contributed by atoms with E-state index in [1.165, 1.54) is 188 Å². The van der Waals surface area contributed by atoms with Crippen molar-refractivity contribution in [1.82, 2.24) is 25.8 Å². The Morgan fingerprint density at radius 3 is 1.20 bits per heavy atom. The Bertz CT molecular complexity index is 5380. The van der Waals surface area contributed by atoms with Crippen LogP contribution in [0.2, 0.25) is 0 Å². The van der Waals surface area contributed by atoms with E-state index in [2.05, 4.69) is 16.0 Å². The van der Waals surface area contributed by atoms with E-state index in [0.717, 1.165) is 48.1 Å². The minimum Gasteiger partial charge on any atom is -0.504 e. The molecule has 0 fully saturated rings. The van der Waals surface area contributed by atoms with Gasteiger partial charge in [-0.25, -0.2) is 0 Å². The Hall–Kier alpha value is -15.9. The van der Waals surface area contributed by atoms with Gasteiger partial charge in [-0.3, -0.25) is 28.8 Å². The lowest BCUT2D eigenvalue weighted by atomic mass is 9.94. The number of aliphatic hydroxyl groups is 2. The second-order valence-corrected chi connectivity index (χ2v) is 29.3. The molecule has 0 saturated carbocycles. The first kappa shape index (κ1) is 111. The van der Waals surface area contributed by atoms with Gasteiger partial charge in [-0.05, 0) is 238 Å². The number of nitrogens with zero attached hydrogens (tertiary/aromatic N) is 2. The predicted octanol–water partition coefficient (Wildman–Crippen LogP) is 9.63. The number of phenols is 20. The van der Waals surface area contributed by atoms with Crippen LogP contribution in [0.4, 0.5) is 0 Å². The molecule has 1 heterocycles. The minimum atomic E-state index is -1.05. The van der Waals surface area contributed by atoms with Crippen LogP contribution in [0.3, 0.4) is 0 Å². The first-order chi connectivity index (χ1) is 61.3. The van der Waals surface area contributed by atoms with Crippen LogP contribution in [0.25, 0.3) is 6.08 Å². The fourth-order valence-corrected chi connectivity index (χ4v) is 11.1. The number of aromatic hydroxyl groups is 20. The second-order valence-electron chi connectivity index (χ2n) is 29.3. The molecule has 1 aliphatic heterocycles. The molecule has 0 bridgehead atoms. The zero-order valence-electron chi connectivity index (χ0n) is 73.4. The van der Waals surface area contributed by atoms with Crippen LogP contribution in [0.5, 0.6) is 115 Å². The standard InChI is InChI=1S/C12H14O5.C11H15NO4.C11H13NO3.2C11H14O4.C11H14O3.C10H11NO3.C8H9NO4.C8H9NO3/c1-7(13)4-9(12(16)17)5-8-2-3-10(14)11(15)6-8;1-7(13)12(2)6-11(16)8-3-4-9(14)10(15)5-8;1-7(13)12-3-2-8-4-10(14)11(15)5-9(8)6-12;1-7(12)2-4-9(13)8-3-5-10(14)11(15)6-8;1-7(12)3-2-4-8-5-9(13)11(15)10(14)6-8;1-8(12)3-2-4-9-5-6-10(13)11(14)7-9;1-11-10(14)5-3-7-2-4-8(12)9(13)6-7;1-9-8(13)4-2-5(10)7(12)6(11)3-4;1-9-8(12)5-2-3-6(10)7(11)4-5/h2-3,6,9,14-15H,4-5H2,1H3,(H,16,17);3-5,11,14-16H,6H2,1-2H3;4-5,14-15H,2-3,6H2,1H3;3,5-6,9,13-15H,2,4H2,1H3;5-6,13-15H,2-4H2,1H3;5-7,13-14H,2-4H2,1H3;2-6,12-13H,1H3,(H,11,14);2-3,10-12H,1H3,(H,9,13);2-4,10-11H,1H3,(H,9,12)/b;;;;;;5-3+;;. The molecule has 131 heavy (non-hydrogen) atoms. The summed E-state index contributed by atoms with van der Waals surface area (Å²) in [6, 6.07) is 33.2. The molecule has 10 rings (SSSR count). The molecule has 3 atom stereocenters. The molecule has 1 aliphatic rings. The molecule has 38 nitrogen and oxygen atoms in total. The number of Topliss-reactive ketones (excluding diaryl/α,β-unsaturated/α-hetero) is 4. The third-order valence-electron chi connectivity index (χ3n) is 18.5. The molecule has 0 aliphatic carbocycles. The van der Waals surface area contributed by atoms with Gasteiger partial charge in [-0.2, -0.15) is 0 Å². The number of nitrogens with one attached hydrogen (secondary N) is 3. The van der Waals surface area contributed by atoms with Crippen molar-refractivity contribution in [3.63, 3.8) is 0 Å². The Morgan fingerprint density at radius 2 is 0.779 bits per heavy atom. The number of likely N-dealkylation sites (N-methyl/N-ethyl adjacent to an activating group) is 2. The van der Waals surface area contributed by atoms with Gasteiger partial charge in [0.25, 0.3) is 11.8 Å². The number of ketones is 4. The highest BCUT2D eigenvalue weighted by Gasteiger charge is 2.23. The van der Waals surface area contributed by atoms with Gasteiger partial charge in [0.05, 0.1) is 24.7 Å². The largest absolute Gasteiger partial charge is 0.504 e. The van der Waals surface area contributed by atoms with Gasteiger partial charge in [0.15, 0.2) is 115 Å². The van der Waals surface area contributed by atoms with Crippen molar-refractivity contribution in [2.75, 3.05) is 41.3 Å². The van der Waals surface area contributed by atoms with E-state index >= 15 is 0 Å². The number of carbonyl (C=O) groups excluding carboxylic acids is 9. The summed E-state index contributed by atoms with van der Waals surface area (Å²) in [5.41, 5.74) is 6.08. The first-order valence-electron chi connectivity index (χ1n) is 39.8. The molecule has 26 N–H and O–H groups in total. The van der Waals surface area contributed by atoms with Crippen molar-refractivity contribution < 1.29 is 165 Å². The number of hydrogen-bond acceptors (Lipinski definition) is 32. The molecule has 3 unspecified atom stereocenters. The van der Waals surface area contributed by atoms with Crippen LogP contribution in [0, 0.1) is 5.92 Å². The van der Waals surface area contributed by atoms with E-state index in [9.17, 15) is 99.0 Å². The van der Waals surface area contributed by atoms with Crippen molar-refractivity contribution in [2.24, 2.45) is 5.92 Å². The lowest BCUT2D eigenvalue weighted by Gasteiger charge is -2.28. The van der Waals surface area contributed by atoms with Gasteiger partial charge in [0, 0.05) is 98.0 Å². The maximum atomic E-state index is 11.2. The molecular formula is C93H113N5O33. The number of amides is 5. The van der Waals surface area contributed by atoms with Crippen LogP contribution in [0.1, 0.15) is 164 Å². The van der Waals surface area contributed by atoms with E-state index in [-0.39, 0.29) is 164 Å². The molecule has 9 aromatic rings. The number of aliphatic carboxylic acids is 1. The van der Waals surface area contributed by atoms with E-state index in [1.54, 1.807) is 37.1 Å². The zero-order valence-corrected chi connectivity index (χ0v) is 73.4. The SMILES string of the molecule is CC(=O)CC(Cc1ccc(O)c(O)c1)C(=O)O.CC(=O)CCC(O)c1ccc(O)c(O)c1.CC(=O)CCCc1cc(O)c(O)c(O)c1.CC(=O)CCCc1ccc(O)c(O)c1.CC(=O)N(C)CC(O)c1ccc(O)c(O)c1.CC(=O)N1CCc2cc(O)c(O)cc2C1.CNC(=O)/C=C/c1ccc(O)c(O)c1.CNC(=O)c1cc(O)c(O)c(O)c1.CNC(=O)c1ccc(O)c(O)c1. The molecule has 0 aromatic heterocycles. The first-order valence-corrected chi connectivity index (χ1v) is 39.8. The normalized spacial score (nSPS) is 11.3. The maximum absolute atomic E-state index is 11.2. The van der Waals surface area contributed by atoms with Crippen LogP contribution in [0.15, 0.2) is 152 Å². The molecule has 0 spiro atoms. The van der Waals surface area contributed by atoms with Crippen LogP contribution < -0.4 is 16.0 Å². The highest BCUT2D eigenvalue weighted by molar-refractivity contribution is 5.96. The predicted molar refractivity (Wildman–Crippen MR) is 476 cm³/mol. The average molecular weight is 1830 g/mol. The molecular weight excluding hydrogens is 1720 g/mol. The molecule has 0 radical (unpaired) electrons. The summed E-state index contributed by atoms with van der Waals surface area (Å²) < 4.78 is 0. The number of benzene rings is 9. The monoisotopic (exact) mass is 1830 g/mol. The van der Waals surface area contributed by atoms with E-state index in [4.69, 9.17) is 66.4 Å². The number of hydrogen-bond donors (Lipinski definition) is 26. The summed E-state index contributed by atoms with van der Waals surface area (Å²) in [7, 11) is 6.02. The highest BCUT2D eigenvalue weighted by atomic mass is 16.4. The molecule has 0 saturated heterocycles. The van der Waals surface area contributed by atoms with E-state index in [0.29, 0.717) is 85.0 Å². The summed E-state index contributed by atoms with van der Waals surface area (Å²) in [6.45, 7) is 10.1. The van der Waals surface area contributed by atoms with Crippen molar-refractivity contribution in [3.05, 3.63) is 207 Å². The topological polar surface area (TPSA) is 679 Å². The third kappa shape index (κ3) is 41.0. The number of aliphatic hydroxyl groups excluding tert-OH is 2. The quantitative estimate of drug-likeness (QED) is 0.0198. The summed E-state index contributed by atoms with van der Waals surface area (Å²) in [4.78, 5) is 112. The summed E-state index contributed by atoms with van der Waals surface area (Å²) in [5, 5.41) is 218. The van der Waals surface area contributed by atoms with Gasteiger partial charge in [-0.1, -0.05) is 30.3 Å².